The molecule has 144 valence electrons. The van der Waals surface area contributed by atoms with Crippen LogP contribution in [0, 0.1) is 6.92 Å². The summed E-state index contributed by atoms with van der Waals surface area (Å²) in [6.45, 7) is 2.16. The lowest BCUT2D eigenvalue weighted by atomic mass is 10.1. The second-order valence-corrected chi connectivity index (χ2v) is 6.79. The lowest BCUT2D eigenvalue weighted by Crippen LogP contribution is -2.27. The molecule has 1 aromatic heterocycles. The van der Waals surface area contributed by atoms with Crippen LogP contribution in [0.1, 0.15) is 32.0 Å². The Bertz CT molecular complexity index is 997. The van der Waals surface area contributed by atoms with Crippen LogP contribution < -0.4 is 5.32 Å². The van der Waals surface area contributed by atoms with Crippen LogP contribution in [-0.2, 0) is 6.54 Å². The lowest BCUT2D eigenvalue weighted by Gasteiger charge is -2.17. The number of hydrogen-bond donors (Lipinski definition) is 1. The molecule has 2 aromatic carbocycles. The van der Waals surface area contributed by atoms with Crippen LogP contribution >= 0.6 is 11.6 Å². The average molecular weight is 397 g/mol. The van der Waals surface area contributed by atoms with E-state index in [1.165, 1.54) is 0 Å². The van der Waals surface area contributed by atoms with Crippen molar-refractivity contribution in [2.45, 2.75) is 13.5 Å². The van der Waals surface area contributed by atoms with Gasteiger partial charge in [0.05, 0.1) is 16.9 Å². The number of benzene rings is 2. The summed E-state index contributed by atoms with van der Waals surface area (Å²) < 4.78 is 1.57. The Balaban J connectivity index is 1.80. The fourth-order valence-electron chi connectivity index (χ4n) is 2.92. The van der Waals surface area contributed by atoms with E-state index < -0.39 is 0 Å². The van der Waals surface area contributed by atoms with Gasteiger partial charge in [-0.2, -0.15) is 5.10 Å². The number of carbonyl (C=O) groups is 2. The van der Waals surface area contributed by atoms with Crippen LogP contribution in [-0.4, -0.2) is 40.6 Å². The van der Waals surface area contributed by atoms with Gasteiger partial charge < -0.3 is 10.2 Å². The summed E-state index contributed by atoms with van der Waals surface area (Å²) in [5.41, 5.74) is 3.23. The zero-order chi connectivity index (χ0) is 20.3. The van der Waals surface area contributed by atoms with Gasteiger partial charge in [-0.15, -0.1) is 0 Å². The van der Waals surface area contributed by atoms with Crippen molar-refractivity contribution in [3.05, 3.63) is 82.1 Å². The van der Waals surface area contributed by atoms with Crippen LogP contribution in [0.3, 0.4) is 0 Å². The third kappa shape index (κ3) is 3.92. The Hall–Kier alpha value is -3.12. The summed E-state index contributed by atoms with van der Waals surface area (Å²) in [5, 5.41) is 7.29. The molecule has 0 unspecified atom stereocenters. The highest BCUT2D eigenvalue weighted by atomic mass is 35.5. The Morgan fingerprint density at radius 1 is 1.11 bits per heavy atom. The Morgan fingerprint density at radius 2 is 1.75 bits per heavy atom. The zero-order valence-corrected chi connectivity index (χ0v) is 16.7. The van der Waals surface area contributed by atoms with Gasteiger partial charge in [0.1, 0.15) is 5.15 Å². The molecule has 3 rings (SSSR count). The smallest absolute Gasteiger partial charge is 0.258 e. The first-order chi connectivity index (χ1) is 13.4. The molecule has 3 aromatic rings. The van der Waals surface area contributed by atoms with Crippen molar-refractivity contribution in [1.29, 1.82) is 0 Å². The van der Waals surface area contributed by atoms with Crippen LogP contribution in [0.4, 0.5) is 0 Å². The maximum Gasteiger partial charge on any atom is 0.258 e. The molecular formula is C21H21ClN4O2. The van der Waals surface area contributed by atoms with E-state index in [0.29, 0.717) is 23.4 Å². The number of carbonyl (C=O) groups excluding carboxylic acids is 2. The highest BCUT2D eigenvalue weighted by molar-refractivity contribution is 6.33. The van der Waals surface area contributed by atoms with Gasteiger partial charge in [-0.1, -0.05) is 41.9 Å². The van der Waals surface area contributed by atoms with Gasteiger partial charge in [0.15, 0.2) is 0 Å². The lowest BCUT2D eigenvalue weighted by molar-refractivity contribution is 0.0784. The van der Waals surface area contributed by atoms with E-state index in [9.17, 15) is 9.59 Å². The third-order valence-corrected chi connectivity index (χ3v) is 4.78. The van der Waals surface area contributed by atoms with Crippen molar-refractivity contribution in [1.82, 2.24) is 20.0 Å². The third-order valence-electron chi connectivity index (χ3n) is 4.43. The Labute approximate surface area is 168 Å². The second kappa shape index (κ2) is 8.27. The molecule has 1 heterocycles. The SMILES string of the molecule is CNC(=O)c1ccc(CN(C)C(=O)c2c(C)nn(-c3ccccc3)c2Cl)cc1. The van der Waals surface area contributed by atoms with Crippen molar-refractivity contribution < 1.29 is 9.59 Å². The number of halogens is 1. The maximum absolute atomic E-state index is 13.0. The standard InChI is InChI=1S/C21H21ClN4O2/c1-14-18(19(22)26(24-14)17-7-5-4-6-8-17)21(28)25(3)13-15-9-11-16(12-10-15)20(27)23-2/h4-12H,13H2,1-3H3,(H,23,27). The van der Waals surface area contributed by atoms with E-state index in [1.807, 2.05) is 42.5 Å². The number of rotatable bonds is 5. The number of amides is 2. The number of nitrogens with one attached hydrogen (secondary N) is 1. The van der Waals surface area contributed by atoms with Gasteiger partial charge in [0.25, 0.3) is 11.8 Å². The van der Waals surface area contributed by atoms with Crippen molar-refractivity contribution in [3.8, 4) is 5.69 Å². The van der Waals surface area contributed by atoms with Crippen LogP contribution in [0.15, 0.2) is 54.6 Å². The molecule has 7 heteroatoms. The van der Waals surface area contributed by atoms with Crippen molar-refractivity contribution in [3.63, 3.8) is 0 Å². The van der Waals surface area contributed by atoms with Gasteiger partial charge in [-0.3, -0.25) is 9.59 Å². The Kier molecular flexibility index (Phi) is 5.80. The highest BCUT2D eigenvalue weighted by Gasteiger charge is 2.24. The predicted octanol–water partition coefficient (Wildman–Crippen LogP) is 3.47. The molecular weight excluding hydrogens is 376 g/mol. The summed E-state index contributed by atoms with van der Waals surface area (Å²) in [5.74, 6) is -0.355. The normalized spacial score (nSPS) is 10.6. The number of aromatic nitrogens is 2. The fraction of sp³-hybridized carbons (Fsp3) is 0.190. The summed E-state index contributed by atoms with van der Waals surface area (Å²) >= 11 is 6.49. The minimum atomic E-state index is -0.208. The first kappa shape index (κ1) is 19.6. The minimum Gasteiger partial charge on any atom is -0.355 e. The summed E-state index contributed by atoms with van der Waals surface area (Å²) in [6, 6.07) is 16.6. The molecule has 0 radical (unpaired) electrons. The van der Waals surface area contributed by atoms with Crippen LogP contribution in [0.2, 0.25) is 5.15 Å². The molecule has 2 amide bonds. The molecule has 0 spiro atoms. The molecule has 0 saturated carbocycles. The molecule has 0 aliphatic carbocycles. The minimum absolute atomic E-state index is 0.147. The monoisotopic (exact) mass is 396 g/mol. The number of hydrogen-bond acceptors (Lipinski definition) is 3. The molecule has 0 saturated heterocycles. The second-order valence-electron chi connectivity index (χ2n) is 6.44. The van der Waals surface area contributed by atoms with Gasteiger partial charge in [-0.25, -0.2) is 4.68 Å². The summed E-state index contributed by atoms with van der Waals surface area (Å²) in [6.07, 6.45) is 0. The molecule has 1 N–H and O–H groups in total. The van der Waals surface area contributed by atoms with Crippen LogP contribution in [0.25, 0.3) is 5.69 Å². The number of nitrogens with zero attached hydrogens (tertiary/aromatic N) is 3. The average Bonchev–Trinajstić information content (AvgIpc) is 3.02. The van der Waals surface area contributed by atoms with Gasteiger partial charge in [0.2, 0.25) is 0 Å². The van der Waals surface area contributed by atoms with E-state index in [1.54, 1.807) is 42.7 Å². The Morgan fingerprint density at radius 3 is 2.36 bits per heavy atom. The summed E-state index contributed by atoms with van der Waals surface area (Å²) in [7, 11) is 3.30. The molecule has 6 nitrogen and oxygen atoms in total. The first-order valence-electron chi connectivity index (χ1n) is 8.79. The van der Waals surface area contributed by atoms with E-state index >= 15 is 0 Å². The molecule has 0 atom stereocenters. The van der Waals surface area contributed by atoms with Crippen LogP contribution in [0.5, 0.6) is 0 Å². The maximum atomic E-state index is 13.0. The van der Waals surface area contributed by atoms with E-state index in [2.05, 4.69) is 10.4 Å². The quantitative estimate of drug-likeness (QED) is 0.718. The topological polar surface area (TPSA) is 67.2 Å². The number of para-hydroxylation sites is 1. The van der Waals surface area contributed by atoms with Gasteiger partial charge in [0, 0.05) is 26.2 Å². The summed E-state index contributed by atoms with van der Waals surface area (Å²) in [4.78, 5) is 26.2. The zero-order valence-electron chi connectivity index (χ0n) is 15.9. The molecule has 0 aliphatic rings. The van der Waals surface area contributed by atoms with Crippen molar-refractivity contribution in [2.75, 3.05) is 14.1 Å². The largest absolute Gasteiger partial charge is 0.355 e. The van der Waals surface area contributed by atoms with E-state index in [4.69, 9.17) is 11.6 Å². The molecule has 0 bridgehead atoms. The van der Waals surface area contributed by atoms with Crippen molar-refractivity contribution in [2.24, 2.45) is 0 Å². The van der Waals surface area contributed by atoms with E-state index in [-0.39, 0.29) is 17.0 Å². The highest BCUT2D eigenvalue weighted by Crippen LogP contribution is 2.25. The molecule has 28 heavy (non-hydrogen) atoms. The predicted molar refractivity (Wildman–Crippen MR) is 109 cm³/mol. The fourth-order valence-corrected chi connectivity index (χ4v) is 3.28. The van der Waals surface area contributed by atoms with E-state index in [0.717, 1.165) is 11.3 Å². The molecule has 0 aliphatic heterocycles. The first-order valence-corrected chi connectivity index (χ1v) is 9.17. The van der Waals surface area contributed by atoms with Gasteiger partial charge >= 0.3 is 0 Å². The molecule has 0 fully saturated rings. The van der Waals surface area contributed by atoms with Gasteiger partial charge in [-0.05, 0) is 36.8 Å². The number of aryl methyl sites for hydroxylation is 1. The van der Waals surface area contributed by atoms with Crippen molar-refractivity contribution >= 4 is 23.4 Å².